The first-order valence-electron chi connectivity index (χ1n) is 9.73. The molecule has 2 unspecified atom stereocenters. The molecule has 4 amide bonds. The van der Waals surface area contributed by atoms with Gasteiger partial charge in [-0.3, -0.25) is 34.2 Å². The molecule has 4 N–H and O–H groups in total. The lowest BCUT2D eigenvalue weighted by Gasteiger charge is -2.31. The van der Waals surface area contributed by atoms with Crippen molar-refractivity contribution in [3.63, 3.8) is 0 Å². The molecule has 0 bridgehead atoms. The Balaban J connectivity index is 1.60. The number of aliphatic carboxylic acids is 1. The summed E-state index contributed by atoms with van der Waals surface area (Å²) in [7, 11) is 0. The Kier molecular flexibility index (Phi) is 6.46. The first kappa shape index (κ1) is 21.4. The van der Waals surface area contributed by atoms with Crippen LogP contribution in [-0.4, -0.2) is 50.8 Å². The van der Waals surface area contributed by atoms with E-state index in [9.17, 15) is 29.1 Å². The zero-order chi connectivity index (χ0) is 21.8. The van der Waals surface area contributed by atoms with Crippen LogP contribution < -0.4 is 10.6 Å². The van der Waals surface area contributed by atoms with Gasteiger partial charge >= 0.3 is 5.97 Å². The molecule has 10 heteroatoms. The molecule has 1 fully saturated rings. The fourth-order valence-corrected chi connectivity index (χ4v) is 3.63. The van der Waals surface area contributed by atoms with Crippen molar-refractivity contribution in [3.8, 4) is 0 Å². The van der Waals surface area contributed by atoms with Gasteiger partial charge in [0.25, 0.3) is 5.91 Å². The first-order valence-corrected chi connectivity index (χ1v) is 9.73. The van der Waals surface area contributed by atoms with E-state index in [-0.39, 0.29) is 43.7 Å². The average molecular weight is 417 g/mol. The maximum atomic E-state index is 12.8. The monoisotopic (exact) mass is 417 g/mol. The molecule has 2 aliphatic rings. The van der Waals surface area contributed by atoms with Gasteiger partial charge in [-0.15, -0.1) is 0 Å². The number of carbonyl (C=O) groups excluding carboxylic acids is 4. The summed E-state index contributed by atoms with van der Waals surface area (Å²) >= 11 is 0. The molecule has 3 rings (SSSR count). The summed E-state index contributed by atoms with van der Waals surface area (Å²) in [5.41, 5.74) is 1.27. The Morgan fingerprint density at radius 1 is 1.17 bits per heavy atom. The third-order valence-corrected chi connectivity index (χ3v) is 5.20. The van der Waals surface area contributed by atoms with Gasteiger partial charge in [-0.2, -0.15) is 0 Å². The smallest absolute Gasteiger partial charge is 0.303 e. The maximum Gasteiger partial charge on any atom is 0.303 e. The number of aliphatic hydroxyl groups is 1. The highest BCUT2D eigenvalue weighted by molar-refractivity contribution is 6.05. The summed E-state index contributed by atoms with van der Waals surface area (Å²) in [5.74, 6) is -2.64. The number of nitrogens with zero attached hydrogens (tertiary/aromatic N) is 1. The van der Waals surface area contributed by atoms with E-state index < -0.39 is 36.0 Å². The van der Waals surface area contributed by atoms with Crippen LogP contribution in [0.5, 0.6) is 0 Å². The molecule has 1 saturated heterocycles. The van der Waals surface area contributed by atoms with Crippen molar-refractivity contribution in [2.75, 3.05) is 0 Å². The van der Waals surface area contributed by atoms with Gasteiger partial charge in [-0.1, -0.05) is 12.1 Å². The minimum atomic E-state index is -1.28. The number of hydrogen-bond donors (Lipinski definition) is 4. The highest BCUT2D eigenvalue weighted by atomic mass is 16.4. The number of carboxylic acids is 1. The number of aliphatic hydroxyl groups excluding tert-OH is 1. The Bertz CT molecular complexity index is 898. The summed E-state index contributed by atoms with van der Waals surface area (Å²) in [5, 5.41) is 24.0. The Morgan fingerprint density at radius 2 is 1.90 bits per heavy atom. The third kappa shape index (κ3) is 4.65. The lowest BCUT2D eigenvalue weighted by atomic mass is 10.0. The third-order valence-electron chi connectivity index (χ3n) is 5.20. The van der Waals surface area contributed by atoms with E-state index in [4.69, 9.17) is 5.11 Å². The normalized spacial score (nSPS) is 20.7. The van der Waals surface area contributed by atoms with Crippen molar-refractivity contribution >= 4 is 29.6 Å². The van der Waals surface area contributed by atoms with Crippen LogP contribution in [0.4, 0.5) is 0 Å². The van der Waals surface area contributed by atoms with E-state index in [1.54, 1.807) is 18.2 Å². The summed E-state index contributed by atoms with van der Waals surface area (Å²) in [4.78, 5) is 59.7. The highest BCUT2D eigenvalue weighted by Crippen LogP contribution is 2.35. The minimum Gasteiger partial charge on any atom is -0.481 e. The molecular formula is C20H23N3O7. The van der Waals surface area contributed by atoms with Gasteiger partial charge in [0.1, 0.15) is 6.04 Å². The standard InChI is InChI=1S/C20H23N3O7/c24-15(3-1-2-4-17(26)27)21-10-11-5-6-12-13(9-11)20(30)23(19(12)29)14-7-8-16(25)22-18(14)28/h5-6,9,14,19,29H,1-4,7-8,10H2,(H,21,24)(H,26,27)(H,22,25,28). The van der Waals surface area contributed by atoms with E-state index in [0.29, 0.717) is 24.0 Å². The van der Waals surface area contributed by atoms with E-state index in [0.717, 1.165) is 4.90 Å². The zero-order valence-corrected chi connectivity index (χ0v) is 16.2. The van der Waals surface area contributed by atoms with Gasteiger partial charge < -0.3 is 15.5 Å². The summed E-state index contributed by atoms with van der Waals surface area (Å²) in [6, 6.07) is 3.90. The lowest BCUT2D eigenvalue weighted by Crippen LogP contribution is -2.53. The second kappa shape index (κ2) is 9.04. The van der Waals surface area contributed by atoms with Crippen LogP contribution in [0.15, 0.2) is 18.2 Å². The van der Waals surface area contributed by atoms with Gasteiger partial charge in [-0.05, 0) is 30.9 Å². The van der Waals surface area contributed by atoms with E-state index in [1.165, 1.54) is 0 Å². The summed E-state index contributed by atoms with van der Waals surface area (Å²) < 4.78 is 0. The molecule has 30 heavy (non-hydrogen) atoms. The van der Waals surface area contributed by atoms with Crippen LogP contribution in [0.25, 0.3) is 0 Å². The van der Waals surface area contributed by atoms with Crippen LogP contribution in [0.3, 0.4) is 0 Å². The molecule has 0 aliphatic carbocycles. The minimum absolute atomic E-state index is 0.0201. The number of rotatable bonds is 8. The van der Waals surface area contributed by atoms with Crippen molar-refractivity contribution in [1.29, 1.82) is 0 Å². The van der Waals surface area contributed by atoms with Crippen molar-refractivity contribution in [2.24, 2.45) is 0 Å². The Hall–Kier alpha value is -3.27. The van der Waals surface area contributed by atoms with Crippen molar-refractivity contribution in [2.45, 2.75) is 57.3 Å². The predicted octanol–water partition coefficient (Wildman–Crippen LogP) is 0.200. The fraction of sp³-hybridized carbons (Fsp3) is 0.450. The van der Waals surface area contributed by atoms with Crippen molar-refractivity contribution < 1.29 is 34.2 Å². The van der Waals surface area contributed by atoms with Gasteiger partial charge in [0, 0.05) is 36.9 Å². The number of carbonyl (C=O) groups is 5. The Labute approximate surface area is 172 Å². The fourth-order valence-electron chi connectivity index (χ4n) is 3.63. The van der Waals surface area contributed by atoms with E-state index in [2.05, 4.69) is 10.6 Å². The van der Waals surface area contributed by atoms with Gasteiger partial charge in [-0.25, -0.2) is 0 Å². The molecule has 0 aromatic heterocycles. The SMILES string of the molecule is O=C(O)CCCCC(=O)NCc1ccc2c(c1)C(=O)N(C1CCC(=O)NC1=O)C2O. The maximum absolute atomic E-state index is 12.8. The lowest BCUT2D eigenvalue weighted by molar-refractivity contribution is -0.140. The van der Waals surface area contributed by atoms with Crippen LogP contribution in [0, 0.1) is 0 Å². The second-order valence-electron chi connectivity index (χ2n) is 7.35. The number of hydrogen-bond acceptors (Lipinski definition) is 6. The van der Waals surface area contributed by atoms with Gasteiger partial charge in [0.2, 0.25) is 17.7 Å². The van der Waals surface area contributed by atoms with Crippen LogP contribution in [0.1, 0.15) is 66.2 Å². The second-order valence-corrected chi connectivity index (χ2v) is 7.35. The van der Waals surface area contributed by atoms with Crippen molar-refractivity contribution in [1.82, 2.24) is 15.5 Å². The van der Waals surface area contributed by atoms with Crippen LogP contribution in [-0.2, 0) is 25.7 Å². The van der Waals surface area contributed by atoms with Gasteiger partial charge in [0.15, 0.2) is 6.23 Å². The number of nitrogens with one attached hydrogen (secondary N) is 2. The quantitative estimate of drug-likeness (QED) is 0.348. The summed E-state index contributed by atoms with van der Waals surface area (Å²) in [6.45, 7) is 0.173. The molecule has 10 nitrogen and oxygen atoms in total. The topological polar surface area (TPSA) is 153 Å². The largest absolute Gasteiger partial charge is 0.481 e. The van der Waals surface area contributed by atoms with Crippen molar-refractivity contribution in [3.05, 3.63) is 34.9 Å². The Morgan fingerprint density at radius 3 is 2.60 bits per heavy atom. The van der Waals surface area contributed by atoms with Crippen LogP contribution in [0.2, 0.25) is 0 Å². The molecular weight excluding hydrogens is 394 g/mol. The molecule has 160 valence electrons. The van der Waals surface area contributed by atoms with Crippen LogP contribution >= 0.6 is 0 Å². The number of piperidine rings is 1. The number of amides is 4. The average Bonchev–Trinajstić information content (AvgIpc) is 2.94. The zero-order valence-electron chi connectivity index (χ0n) is 16.2. The van der Waals surface area contributed by atoms with E-state index in [1.807, 2.05) is 0 Å². The molecule has 0 spiro atoms. The predicted molar refractivity (Wildman–Crippen MR) is 102 cm³/mol. The number of carboxylic acid groups (broad SMARTS) is 1. The van der Waals surface area contributed by atoms with Gasteiger partial charge in [0.05, 0.1) is 0 Å². The number of fused-ring (bicyclic) bond motifs is 1. The molecule has 2 aliphatic heterocycles. The number of benzene rings is 1. The molecule has 2 heterocycles. The molecule has 1 aromatic carbocycles. The summed E-state index contributed by atoms with van der Waals surface area (Å²) in [6.07, 6.45) is 0.0669. The number of unbranched alkanes of at least 4 members (excludes halogenated alkanes) is 1. The number of imide groups is 1. The molecule has 0 radical (unpaired) electrons. The van der Waals surface area contributed by atoms with E-state index >= 15 is 0 Å². The first-order chi connectivity index (χ1) is 14.3. The molecule has 2 atom stereocenters. The molecule has 1 aromatic rings. The molecule has 0 saturated carbocycles. The highest BCUT2D eigenvalue weighted by Gasteiger charge is 2.44.